The molecule has 1 saturated heterocycles. The number of carbonyl (C=O) groups is 2. The SMILES string of the molecule is CN(C)c1ncc(-c2cccc(C(N)=O)c2)c(C2CCN(C(=O)C3CCCC3)CC2)n1. The van der Waals surface area contributed by atoms with Gasteiger partial charge < -0.3 is 15.5 Å². The highest BCUT2D eigenvalue weighted by atomic mass is 16.2. The maximum atomic E-state index is 12.8. The van der Waals surface area contributed by atoms with E-state index in [1.807, 2.05) is 42.2 Å². The fourth-order valence-electron chi connectivity index (χ4n) is 4.78. The summed E-state index contributed by atoms with van der Waals surface area (Å²) in [6, 6.07) is 7.32. The molecular weight excluding hydrogens is 390 g/mol. The van der Waals surface area contributed by atoms with E-state index in [0.29, 0.717) is 17.4 Å². The number of rotatable bonds is 5. The number of anilines is 1. The number of nitrogens with zero attached hydrogens (tertiary/aromatic N) is 4. The number of amides is 2. The van der Waals surface area contributed by atoms with E-state index >= 15 is 0 Å². The molecule has 2 N–H and O–H groups in total. The average molecular weight is 422 g/mol. The van der Waals surface area contributed by atoms with E-state index in [9.17, 15) is 9.59 Å². The van der Waals surface area contributed by atoms with E-state index in [4.69, 9.17) is 10.7 Å². The summed E-state index contributed by atoms with van der Waals surface area (Å²) in [6.07, 6.45) is 8.03. The molecule has 2 fully saturated rings. The largest absolute Gasteiger partial charge is 0.366 e. The van der Waals surface area contributed by atoms with Gasteiger partial charge in [0.05, 0.1) is 5.69 Å². The molecule has 0 bridgehead atoms. The molecule has 7 nitrogen and oxygen atoms in total. The number of aromatic nitrogens is 2. The van der Waals surface area contributed by atoms with Crippen LogP contribution >= 0.6 is 0 Å². The molecule has 1 aromatic heterocycles. The van der Waals surface area contributed by atoms with Gasteiger partial charge in [0.15, 0.2) is 0 Å². The molecule has 1 aliphatic heterocycles. The van der Waals surface area contributed by atoms with E-state index < -0.39 is 5.91 Å². The van der Waals surface area contributed by atoms with Crippen LogP contribution < -0.4 is 10.6 Å². The molecule has 0 unspecified atom stereocenters. The van der Waals surface area contributed by atoms with Gasteiger partial charge in [-0.15, -0.1) is 0 Å². The van der Waals surface area contributed by atoms with Crippen LogP contribution in [0, 0.1) is 5.92 Å². The van der Waals surface area contributed by atoms with Crippen molar-refractivity contribution in [2.24, 2.45) is 11.7 Å². The molecule has 7 heteroatoms. The van der Waals surface area contributed by atoms with Gasteiger partial charge in [0.25, 0.3) is 0 Å². The third kappa shape index (κ3) is 4.55. The Morgan fingerprint density at radius 3 is 2.45 bits per heavy atom. The van der Waals surface area contributed by atoms with Crippen LogP contribution in [-0.2, 0) is 4.79 Å². The van der Waals surface area contributed by atoms with Gasteiger partial charge in [-0.3, -0.25) is 9.59 Å². The molecule has 2 aromatic rings. The molecule has 1 aliphatic carbocycles. The lowest BCUT2D eigenvalue weighted by Gasteiger charge is -2.34. The summed E-state index contributed by atoms with van der Waals surface area (Å²) in [4.78, 5) is 37.8. The number of carbonyl (C=O) groups excluding carboxylic acids is 2. The second-order valence-corrected chi connectivity index (χ2v) is 8.89. The summed E-state index contributed by atoms with van der Waals surface area (Å²) in [5.74, 6) is 1.01. The van der Waals surface area contributed by atoms with E-state index in [1.165, 1.54) is 12.8 Å². The van der Waals surface area contributed by atoms with Crippen molar-refractivity contribution in [1.82, 2.24) is 14.9 Å². The zero-order valence-corrected chi connectivity index (χ0v) is 18.4. The minimum atomic E-state index is -0.451. The van der Waals surface area contributed by atoms with Crippen LogP contribution in [0.15, 0.2) is 30.5 Å². The third-order valence-electron chi connectivity index (χ3n) is 6.56. The second kappa shape index (κ2) is 9.04. The average Bonchev–Trinajstić information content (AvgIpc) is 3.33. The van der Waals surface area contributed by atoms with Gasteiger partial charge in [0, 0.05) is 56.3 Å². The van der Waals surface area contributed by atoms with Crippen molar-refractivity contribution in [2.45, 2.75) is 44.4 Å². The number of hydrogen-bond donors (Lipinski definition) is 1. The molecule has 2 heterocycles. The zero-order chi connectivity index (χ0) is 22.0. The molecule has 4 rings (SSSR count). The van der Waals surface area contributed by atoms with Gasteiger partial charge in [-0.1, -0.05) is 25.0 Å². The second-order valence-electron chi connectivity index (χ2n) is 8.89. The van der Waals surface area contributed by atoms with Gasteiger partial charge in [-0.05, 0) is 43.4 Å². The van der Waals surface area contributed by atoms with Crippen LogP contribution in [0.2, 0.25) is 0 Å². The molecule has 164 valence electrons. The molecule has 31 heavy (non-hydrogen) atoms. The normalized spacial score (nSPS) is 17.7. The van der Waals surface area contributed by atoms with Gasteiger partial charge in [-0.2, -0.15) is 0 Å². The Bertz CT molecular complexity index is 960. The van der Waals surface area contributed by atoms with E-state index in [-0.39, 0.29) is 11.8 Å². The first-order valence-electron chi connectivity index (χ1n) is 11.2. The van der Waals surface area contributed by atoms with E-state index in [0.717, 1.165) is 55.6 Å². The Hall–Kier alpha value is -2.96. The Kier molecular flexibility index (Phi) is 6.20. The van der Waals surface area contributed by atoms with Crippen LogP contribution in [0.5, 0.6) is 0 Å². The summed E-state index contributed by atoms with van der Waals surface area (Å²) in [5, 5.41) is 0. The van der Waals surface area contributed by atoms with Gasteiger partial charge in [0.1, 0.15) is 0 Å². The smallest absolute Gasteiger partial charge is 0.248 e. The first-order chi connectivity index (χ1) is 14.9. The predicted octanol–water partition coefficient (Wildman–Crippen LogP) is 3.20. The summed E-state index contributed by atoms with van der Waals surface area (Å²) in [5.41, 5.74) is 8.75. The minimum Gasteiger partial charge on any atom is -0.366 e. The topological polar surface area (TPSA) is 92.4 Å². The number of nitrogens with two attached hydrogens (primary N) is 1. The Balaban J connectivity index is 1.60. The fourth-order valence-corrected chi connectivity index (χ4v) is 4.78. The molecule has 0 atom stereocenters. The number of primary amides is 1. The molecule has 0 spiro atoms. The highest BCUT2D eigenvalue weighted by Gasteiger charge is 2.31. The molecule has 1 aromatic carbocycles. The van der Waals surface area contributed by atoms with Gasteiger partial charge in [-0.25, -0.2) is 9.97 Å². The standard InChI is InChI=1S/C24H31N5O2/c1-28(2)24-26-15-20(18-8-5-9-19(14-18)22(25)30)21(27-24)16-10-12-29(13-11-16)23(31)17-6-3-4-7-17/h5,8-9,14-17H,3-4,6-7,10-13H2,1-2H3,(H2,25,30). The van der Waals surface area contributed by atoms with Gasteiger partial charge >= 0.3 is 0 Å². The number of hydrogen-bond acceptors (Lipinski definition) is 5. The van der Waals surface area contributed by atoms with Crippen molar-refractivity contribution < 1.29 is 9.59 Å². The van der Waals surface area contributed by atoms with Gasteiger partial charge in [0.2, 0.25) is 17.8 Å². The predicted molar refractivity (Wildman–Crippen MR) is 121 cm³/mol. The lowest BCUT2D eigenvalue weighted by molar-refractivity contribution is -0.136. The summed E-state index contributed by atoms with van der Waals surface area (Å²) >= 11 is 0. The summed E-state index contributed by atoms with van der Waals surface area (Å²) in [6.45, 7) is 1.53. The third-order valence-corrected chi connectivity index (χ3v) is 6.56. The summed E-state index contributed by atoms with van der Waals surface area (Å²) < 4.78 is 0. The number of piperidine rings is 1. The van der Waals surface area contributed by atoms with Crippen LogP contribution in [0.1, 0.15) is 60.5 Å². The first kappa shape index (κ1) is 21.3. The van der Waals surface area contributed by atoms with Crippen molar-refractivity contribution in [1.29, 1.82) is 0 Å². The van der Waals surface area contributed by atoms with E-state index in [2.05, 4.69) is 4.98 Å². The Labute approximate surface area is 183 Å². The minimum absolute atomic E-state index is 0.225. The van der Waals surface area contributed by atoms with E-state index in [1.54, 1.807) is 12.1 Å². The highest BCUT2D eigenvalue weighted by Crippen LogP contribution is 2.36. The Morgan fingerprint density at radius 2 is 1.81 bits per heavy atom. The molecular formula is C24H31N5O2. The maximum absolute atomic E-state index is 12.8. The van der Waals surface area contributed by atoms with Crippen LogP contribution in [-0.4, -0.2) is 53.9 Å². The van der Waals surface area contributed by atoms with Crippen molar-refractivity contribution in [2.75, 3.05) is 32.1 Å². The number of likely N-dealkylation sites (tertiary alicyclic amines) is 1. The van der Waals surface area contributed by atoms with Crippen molar-refractivity contribution in [3.63, 3.8) is 0 Å². The first-order valence-corrected chi connectivity index (χ1v) is 11.2. The lowest BCUT2D eigenvalue weighted by Crippen LogP contribution is -2.41. The zero-order valence-electron chi connectivity index (χ0n) is 18.4. The molecule has 2 amide bonds. The number of benzene rings is 1. The van der Waals surface area contributed by atoms with Crippen LogP contribution in [0.25, 0.3) is 11.1 Å². The molecule has 1 saturated carbocycles. The monoisotopic (exact) mass is 421 g/mol. The van der Waals surface area contributed by atoms with Crippen LogP contribution in [0.3, 0.4) is 0 Å². The fraction of sp³-hybridized carbons (Fsp3) is 0.500. The van der Waals surface area contributed by atoms with Crippen molar-refractivity contribution in [3.8, 4) is 11.1 Å². The van der Waals surface area contributed by atoms with Crippen molar-refractivity contribution in [3.05, 3.63) is 41.7 Å². The molecule has 2 aliphatic rings. The molecule has 0 radical (unpaired) electrons. The highest BCUT2D eigenvalue weighted by molar-refractivity contribution is 5.94. The lowest BCUT2D eigenvalue weighted by atomic mass is 9.88. The Morgan fingerprint density at radius 1 is 1.10 bits per heavy atom. The maximum Gasteiger partial charge on any atom is 0.248 e. The van der Waals surface area contributed by atoms with Crippen LogP contribution in [0.4, 0.5) is 5.95 Å². The quantitative estimate of drug-likeness (QED) is 0.800. The summed E-state index contributed by atoms with van der Waals surface area (Å²) in [7, 11) is 3.85. The van der Waals surface area contributed by atoms with Crippen molar-refractivity contribution >= 4 is 17.8 Å².